The molecule has 0 saturated carbocycles. The fraction of sp³-hybridized carbons (Fsp3) is 0.611. The molecule has 0 radical (unpaired) electrons. The summed E-state index contributed by atoms with van der Waals surface area (Å²) in [4.78, 5) is 30.0. The van der Waals surface area contributed by atoms with Crippen molar-refractivity contribution in [3.63, 3.8) is 0 Å². The molecule has 2 aliphatic rings. The number of amides is 2. The summed E-state index contributed by atoms with van der Waals surface area (Å²) in [5.74, 6) is 0.702. The van der Waals surface area contributed by atoms with Crippen molar-refractivity contribution in [2.45, 2.75) is 63.6 Å². The second kappa shape index (κ2) is 6.54. The van der Waals surface area contributed by atoms with E-state index in [2.05, 4.69) is 15.0 Å². The van der Waals surface area contributed by atoms with Crippen molar-refractivity contribution in [3.8, 4) is 0 Å². The molecular formula is C18H25N3O4. The molecule has 0 aliphatic carbocycles. The largest absolute Gasteiger partial charge is 0.453 e. The van der Waals surface area contributed by atoms with E-state index in [0.717, 1.165) is 24.8 Å². The van der Waals surface area contributed by atoms with Crippen LogP contribution < -0.4 is 5.32 Å². The van der Waals surface area contributed by atoms with E-state index in [1.165, 1.54) is 7.11 Å². The first kappa shape index (κ1) is 17.5. The van der Waals surface area contributed by atoms with E-state index in [9.17, 15) is 9.59 Å². The lowest BCUT2D eigenvalue weighted by Gasteiger charge is -2.28. The van der Waals surface area contributed by atoms with Gasteiger partial charge in [0.1, 0.15) is 11.4 Å². The van der Waals surface area contributed by atoms with Crippen LogP contribution in [0.15, 0.2) is 18.3 Å². The lowest BCUT2D eigenvalue weighted by molar-refractivity contribution is 0.0213. The number of carbonyl (C=O) groups is 2. The maximum atomic E-state index is 12.5. The summed E-state index contributed by atoms with van der Waals surface area (Å²) >= 11 is 0. The van der Waals surface area contributed by atoms with Crippen LogP contribution in [0.3, 0.4) is 0 Å². The summed E-state index contributed by atoms with van der Waals surface area (Å²) < 4.78 is 10.1. The van der Waals surface area contributed by atoms with Crippen molar-refractivity contribution in [2.75, 3.05) is 12.4 Å². The first-order chi connectivity index (χ1) is 11.8. The Morgan fingerprint density at radius 1 is 1.28 bits per heavy atom. The molecule has 1 aromatic heterocycles. The van der Waals surface area contributed by atoms with Gasteiger partial charge in [0.15, 0.2) is 0 Å². The zero-order valence-corrected chi connectivity index (χ0v) is 15.1. The molecule has 2 aliphatic heterocycles. The predicted molar refractivity (Wildman–Crippen MR) is 92.5 cm³/mol. The van der Waals surface area contributed by atoms with Crippen LogP contribution in [0.25, 0.3) is 0 Å². The lowest BCUT2D eigenvalue weighted by Crippen LogP contribution is -2.40. The molecule has 3 unspecified atom stereocenters. The van der Waals surface area contributed by atoms with Crippen LogP contribution in [-0.2, 0) is 9.47 Å². The number of hydrogen-bond acceptors (Lipinski definition) is 5. The van der Waals surface area contributed by atoms with E-state index >= 15 is 0 Å². The van der Waals surface area contributed by atoms with E-state index in [1.807, 2.05) is 31.7 Å². The van der Waals surface area contributed by atoms with E-state index in [4.69, 9.17) is 4.74 Å². The molecule has 1 aromatic rings. The molecule has 2 bridgehead atoms. The van der Waals surface area contributed by atoms with Gasteiger partial charge in [0.2, 0.25) is 0 Å². The van der Waals surface area contributed by atoms with Gasteiger partial charge in [0, 0.05) is 24.2 Å². The fourth-order valence-electron chi connectivity index (χ4n) is 3.80. The third kappa shape index (κ3) is 3.70. The Labute approximate surface area is 147 Å². The Morgan fingerprint density at radius 3 is 2.64 bits per heavy atom. The molecule has 1 N–H and O–H groups in total. The van der Waals surface area contributed by atoms with Crippen LogP contribution in [0.1, 0.15) is 51.5 Å². The molecule has 2 amide bonds. The monoisotopic (exact) mass is 347 g/mol. The van der Waals surface area contributed by atoms with Crippen molar-refractivity contribution in [2.24, 2.45) is 0 Å². The van der Waals surface area contributed by atoms with Gasteiger partial charge in [-0.05, 0) is 51.7 Å². The topological polar surface area (TPSA) is 80.8 Å². The molecule has 2 fully saturated rings. The minimum Gasteiger partial charge on any atom is -0.453 e. The van der Waals surface area contributed by atoms with Crippen molar-refractivity contribution >= 4 is 18.0 Å². The van der Waals surface area contributed by atoms with Crippen LogP contribution >= 0.6 is 0 Å². The van der Waals surface area contributed by atoms with Crippen LogP contribution in [0.4, 0.5) is 15.4 Å². The third-order valence-corrected chi connectivity index (χ3v) is 4.77. The molecule has 3 atom stereocenters. The first-order valence-corrected chi connectivity index (χ1v) is 8.61. The predicted octanol–water partition coefficient (Wildman–Crippen LogP) is 3.52. The van der Waals surface area contributed by atoms with Crippen LogP contribution in [-0.4, -0.2) is 46.9 Å². The maximum Gasteiger partial charge on any atom is 0.412 e. The summed E-state index contributed by atoms with van der Waals surface area (Å²) in [5.41, 5.74) is 0.591. The molecule has 25 heavy (non-hydrogen) atoms. The van der Waals surface area contributed by atoms with E-state index < -0.39 is 11.7 Å². The standard InChI is InChI=1S/C18H25N3O4/c1-18(2,3)25-17(23)21-12-6-7-14(21)13(9-12)11-5-8-15(19-10-11)20-16(22)24-4/h5,8,10,12-14H,6-7,9H2,1-4H3,(H,19,20,22). The second-order valence-electron chi connectivity index (χ2n) is 7.62. The number of nitrogens with one attached hydrogen (secondary N) is 1. The Morgan fingerprint density at radius 2 is 2.04 bits per heavy atom. The van der Waals surface area contributed by atoms with Crippen LogP contribution in [0, 0.1) is 0 Å². The highest BCUT2D eigenvalue weighted by atomic mass is 16.6. The average molecular weight is 347 g/mol. The van der Waals surface area contributed by atoms with Gasteiger partial charge >= 0.3 is 12.2 Å². The fourth-order valence-corrected chi connectivity index (χ4v) is 3.80. The number of carbonyl (C=O) groups excluding carboxylic acids is 2. The Bertz CT molecular complexity index is 653. The van der Waals surface area contributed by atoms with Gasteiger partial charge in [-0.25, -0.2) is 14.6 Å². The zero-order chi connectivity index (χ0) is 18.2. The second-order valence-corrected chi connectivity index (χ2v) is 7.62. The highest BCUT2D eigenvalue weighted by Crippen LogP contribution is 2.47. The lowest BCUT2D eigenvalue weighted by atomic mass is 9.85. The summed E-state index contributed by atoms with van der Waals surface area (Å²) in [6.07, 6.45) is 3.93. The summed E-state index contributed by atoms with van der Waals surface area (Å²) in [5, 5.41) is 2.54. The Kier molecular flexibility index (Phi) is 4.58. The van der Waals surface area contributed by atoms with E-state index in [0.29, 0.717) is 5.82 Å². The quantitative estimate of drug-likeness (QED) is 0.885. The number of rotatable bonds is 2. The molecule has 7 heteroatoms. The first-order valence-electron chi connectivity index (χ1n) is 8.61. The van der Waals surface area contributed by atoms with Gasteiger partial charge in [-0.2, -0.15) is 0 Å². The maximum absolute atomic E-state index is 12.5. The number of ether oxygens (including phenoxy) is 2. The molecule has 0 aromatic carbocycles. The molecule has 136 valence electrons. The summed E-state index contributed by atoms with van der Waals surface area (Å²) in [6.45, 7) is 5.66. The van der Waals surface area contributed by atoms with Gasteiger partial charge < -0.3 is 14.4 Å². The average Bonchev–Trinajstić information content (AvgIpc) is 3.12. The molecule has 7 nitrogen and oxygen atoms in total. The number of methoxy groups -OCH3 is 1. The number of pyridine rings is 1. The number of aromatic nitrogens is 1. The number of fused-ring (bicyclic) bond motifs is 2. The number of nitrogens with zero attached hydrogens (tertiary/aromatic N) is 2. The molecule has 0 spiro atoms. The van der Waals surface area contributed by atoms with Crippen molar-refractivity contribution in [3.05, 3.63) is 23.9 Å². The van der Waals surface area contributed by atoms with Crippen LogP contribution in [0.5, 0.6) is 0 Å². The van der Waals surface area contributed by atoms with Gasteiger partial charge in [-0.1, -0.05) is 6.07 Å². The highest BCUT2D eigenvalue weighted by molar-refractivity contribution is 5.83. The summed E-state index contributed by atoms with van der Waals surface area (Å²) in [7, 11) is 1.31. The molecule has 3 heterocycles. The number of hydrogen-bond donors (Lipinski definition) is 1. The van der Waals surface area contributed by atoms with Crippen molar-refractivity contribution in [1.29, 1.82) is 0 Å². The van der Waals surface area contributed by atoms with Gasteiger partial charge in [-0.15, -0.1) is 0 Å². The summed E-state index contributed by atoms with van der Waals surface area (Å²) in [6, 6.07) is 4.10. The Hall–Kier alpha value is -2.31. The minimum atomic E-state index is -0.545. The van der Waals surface area contributed by atoms with Crippen molar-refractivity contribution in [1.82, 2.24) is 9.88 Å². The van der Waals surface area contributed by atoms with E-state index in [1.54, 1.807) is 12.3 Å². The van der Waals surface area contributed by atoms with E-state index in [-0.39, 0.29) is 24.1 Å². The molecule has 2 saturated heterocycles. The van der Waals surface area contributed by atoms with Gasteiger partial charge in [0.25, 0.3) is 0 Å². The van der Waals surface area contributed by atoms with Gasteiger partial charge in [-0.3, -0.25) is 5.32 Å². The van der Waals surface area contributed by atoms with Crippen LogP contribution in [0.2, 0.25) is 0 Å². The molecule has 3 rings (SSSR count). The third-order valence-electron chi connectivity index (χ3n) is 4.77. The molecular weight excluding hydrogens is 322 g/mol. The SMILES string of the molecule is COC(=O)Nc1ccc(C2CC3CCC2N3C(=O)OC(C)(C)C)cn1. The smallest absolute Gasteiger partial charge is 0.412 e. The minimum absolute atomic E-state index is 0.154. The Balaban J connectivity index is 1.70. The normalized spacial score (nSPS) is 25.0. The number of anilines is 1. The van der Waals surface area contributed by atoms with Gasteiger partial charge in [0.05, 0.1) is 7.11 Å². The zero-order valence-electron chi connectivity index (χ0n) is 15.1. The highest BCUT2D eigenvalue weighted by Gasteiger charge is 2.50. The van der Waals surface area contributed by atoms with Crippen molar-refractivity contribution < 1.29 is 19.1 Å².